The predicted molar refractivity (Wildman–Crippen MR) is 176 cm³/mol. The molecule has 1 N–H and O–H groups in total. The molecule has 2 heterocycles. The molecule has 0 spiro atoms. The molecule has 1 amide bonds. The van der Waals surface area contributed by atoms with E-state index >= 15 is 0 Å². The lowest BCUT2D eigenvalue weighted by Crippen LogP contribution is -2.67. The van der Waals surface area contributed by atoms with Gasteiger partial charge in [0, 0.05) is 66.3 Å². The second kappa shape index (κ2) is 20.1. The number of anilines is 1. The van der Waals surface area contributed by atoms with E-state index in [1.54, 1.807) is 0 Å². The van der Waals surface area contributed by atoms with Crippen molar-refractivity contribution in [1.29, 1.82) is 0 Å². The van der Waals surface area contributed by atoms with E-state index < -0.39 is 127 Å². The number of benzene rings is 1. The number of nitro benzene ring substituents is 1. The van der Waals surface area contributed by atoms with E-state index in [4.69, 9.17) is 52.1 Å². The van der Waals surface area contributed by atoms with Gasteiger partial charge in [0.1, 0.15) is 25.4 Å². The molecular formula is C33H40N2O21. The summed E-state index contributed by atoms with van der Waals surface area (Å²) in [5.41, 5.74) is -0.263. The van der Waals surface area contributed by atoms with Gasteiger partial charge < -0.3 is 52.1 Å². The molecule has 0 radical (unpaired) electrons. The van der Waals surface area contributed by atoms with Crippen LogP contribution in [0.15, 0.2) is 24.3 Å². The summed E-state index contributed by atoms with van der Waals surface area (Å²) in [6.07, 6.45) is -18.9. The number of nitrogens with one attached hydrogen (secondary N) is 1. The highest BCUT2D eigenvalue weighted by Gasteiger charge is 2.58. The van der Waals surface area contributed by atoms with Crippen molar-refractivity contribution in [3.63, 3.8) is 0 Å². The maximum atomic E-state index is 13.2. The van der Waals surface area contributed by atoms with E-state index in [9.17, 15) is 48.5 Å². The first-order chi connectivity index (χ1) is 26.2. The molecule has 1 aromatic carbocycles. The molecule has 23 nitrogen and oxygen atoms in total. The highest BCUT2D eigenvalue weighted by molar-refractivity contribution is 5.85. The van der Waals surface area contributed by atoms with Crippen LogP contribution in [0.2, 0.25) is 0 Å². The van der Waals surface area contributed by atoms with Crippen molar-refractivity contribution >= 4 is 59.3 Å². The summed E-state index contributed by atoms with van der Waals surface area (Å²) in [6, 6.07) is 4.56. The van der Waals surface area contributed by atoms with Gasteiger partial charge in [0.15, 0.2) is 42.9 Å². The van der Waals surface area contributed by atoms with Crippen LogP contribution in [0.5, 0.6) is 0 Å². The molecule has 0 aliphatic carbocycles. The molecule has 0 saturated carbocycles. The molecule has 10 atom stereocenters. The molecule has 0 aromatic heterocycles. The zero-order valence-corrected chi connectivity index (χ0v) is 31.0. The van der Waals surface area contributed by atoms with Crippen LogP contribution in [0.1, 0.15) is 48.5 Å². The molecule has 2 aliphatic rings. The van der Waals surface area contributed by atoms with Gasteiger partial charge in [0.25, 0.3) is 5.69 Å². The van der Waals surface area contributed by atoms with Crippen LogP contribution in [0, 0.1) is 10.1 Å². The topological polar surface area (TPSA) is 293 Å². The number of esters is 7. The van der Waals surface area contributed by atoms with Crippen molar-refractivity contribution < 1.29 is 95.4 Å². The first kappa shape index (κ1) is 44.5. The number of hydrogen-bond donors (Lipinski definition) is 1. The number of nitrogens with zero attached hydrogens (tertiary/aromatic N) is 1. The van der Waals surface area contributed by atoms with Gasteiger partial charge in [-0.15, -0.1) is 0 Å². The van der Waals surface area contributed by atoms with Crippen LogP contribution in [0.3, 0.4) is 0 Å². The zero-order chi connectivity index (χ0) is 41.9. The van der Waals surface area contributed by atoms with Crippen molar-refractivity contribution in [2.45, 2.75) is 110 Å². The van der Waals surface area contributed by atoms with E-state index in [1.165, 1.54) is 12.1 Å². The van der Waals surface area contributed by atoms with E-state index in [2.05, 4.69) is 5.32 Å². The molecule has 2 aliphatic heterocycles. The van der Waals surface area contributed by atoms with E-state index in [-0.39, 0.29) is 11.4 Å². The molecular weight excluding hydrogens is 760 g/mol. The predicted octanol–water partition coefficient (Wildman–Crippen LogP) is 0.763. The summed E-state index contributed by atoms with van der Waals surface area (Å²) >= 11 is 0. The Labute approximate surface area is 317 Å². The lowest BCUT2D eigenvalue weighted by molar-refractivity contribution is -0.384. The van der Waals surface area contributed by atoms with Crippen molar-refractivity contribution in [3.8, 4) is 0 Å². The third kappa shape index (κ3) is 13.1. The average Bonchev–Trinajstić information content (AvgIpc) is 3.07. The Morgan fingerprint density at radius 1 is 0.554 bits per heavy atom. The van der Waals surface area contributed by atoms with Gasteiger partial charge in [0.2, 0.25) is 6.29 Å². The highest BCUT2D eigenvalue weighted by Crippen LogP contribution is 2.36. The number of nitro groups is 1. The van der Waals surface area contributed by atoms with Gasteiger partial charge >= 0.3 is 47.9 Å². The minimum Gasteiger partial charge on any atom is -0.463 e. The molecule has 0 bridgehead atoms. The Balaban J connectivity index is 2.12. The second-order valence-corrected chi connectivity index (χ2v) is 12.0. The largest absolute Gasteiger partial charge is 0.463 e. The average molecular weight is 801 g/mol. The van der Waals surface area contributed by atoms with Crippen LogP contribution in [-0.4, -0.2) is 127 Å². The van der Waals surface area contributed by atoms with Gasteiger partial charge in [-0.25, -0.2) is 4.79 Å². The Bertz CT molecular complexity index is 1650. The summed E-state index contributed by atoms with van der Waals surface area (Å²) in [5.74, 6) is -6.54. The van der Waals surface area contributed by atoms with Gasteiger partial charge in [-0.3, -0.25) is 49.0 Å². The number of carbonyl (C=O) groups is 8. The Kier molecular flexibility index (Phi) is 16.0. The van der Waals surface area contributed by atoms with Crippen molar-refractivity contribution in [3.05, 3.63) is 34.4 Å². The lowest BCUT2D eigenvalue weighted by atomic mass is 9.96. The summed E-state index contributed by atoms with van der Waals surface area (Å²) in [5, 5.41) is 13.4. The molecule has 0 unspecified atom stereocenters. The van der Waals surface area contributed by atoms with Gasteiger partial charge in [0.05, 0.1) is 4.92 Å². The third-order valence-corrected chi connectivity index (χ3v) is 7.43. The fourth-order valence-corrected chi connectivity index (χ4v) is 5.47. The van der Waals surface area contributed by atoms with Crippen LogP contribution in [0.4, 0.5) is 16.2 Å². The molecule has 23 heteroatoms. The lowest BCUT2D eigenvalue weighted by Gasteiger charge is -2.48. The molecule has 56 heavy (non-hydrogen) atoms. The number of non-ortho nitro benzene ring substituents is 1. The summed E-state index contributed by atoms with van der Waals surface area (Å²) in [6.45, 7) is 5.65. The molecule has 2 saturated heterocycles. The van der Waals surface area contributed by atoms with E-state index in [1.807, 2.05) is 0 Å². The minimum atomic E-state index is -1.98. The molecule has 1 aromatic rings. The maximum Gasteiger partial charge on any atom is 0.412 e. The number of amides is 1. The van der Waals surface area contributed by atoms with Gasteiger partial charge in [-0.2, -0.15) is 0 Å². The summed E-state index contributed by atoms with van der Waals surface area (Å²) in [4.78, 5) is 109. The normalized spacial score (nSPS) is 26.9. The number of carbonyl (C=O) groups excluding carboxylic acids is 8. The first-order valence-electron chi connectivity index (χ1n) is 16.6. The van der Waals surface area contributed by atoms with Crippen LogP contribution >= 0.6 is 0 Å². The van der Waals surface area contributed by atoms with Crippen LogP contribution < -0.4 is 5.32 Å². The molecule has 308 valence electrons. The second-order valence-electron chi connectivity index (χ2n) is 12.0. The third-order valence-electron chi connectivity index (χ3n) is 7.43. The number of ether oxygens (including phenoxy) is 11. The quantitative estimate of drug-likeness (QED) is 0.118. The highest BCUT2D eigenvalue weighted by atomic mass is 16.8. The summed E-state index contributed by atoms with van der Waals surface area (Å²) < 4.78 is 60.9. The Morgan fingerprint density at radius 2 is 0.964 bits per heavy atom. The van der Waals surface area contributed by atoms with Crippen molar-refractivity contribution in [2.75, 3.05) is 18.5 Å². The molecule has 3 rings (SSSR count). The SMILES string of the molecule is CC(=O)OC[C@@H]1O[C@H](OC(C)=O)[C@@H](O[C@H]2O[C@H](COC(C)=O)[C@@H](OC(=O)Nc3ccc([N+](=O)[O-])cc3)[C@H](OC(C)=O)[C@@H]2OC(C)=O)[C@@H](OC(C)=O)[C@@H]1OC(C)=O. The fraction of sp³-hybridized carbons (Fsp3) is 0.576. The smallest absolute Gasteiger partial charge is 0.412 e. The minimum absolute atomic E-state index is 0.0234. The first-order valence-corrected chi connectivity index (χ1v) is 16.6. The van der Waals surface area contributed by atoms with Crippen molar-refractivity contribution in [1.82, 2.24) is 0 Å². The Hall–Kier alpha value is -5.94. The number of hydrogen-bond acceptors (Lipinski definition) is 21. The van der Waals surface area contributed by atoms with Crippen LogP contribution in [-0.2, 0) is 85.7 Å². The standard InChI is InChI=1S/C33H40N2O21/c1-14(36)46-12-23-25(48-16(3)38)27(49-17(4)39)30(31(53-23)52-20(7)42)55-32-29(51-19(6)41)28(50-18(5)40)26(24(54-32)13-47-15(2)37)56-33(43)34-21-8-10-22(11-9-21)35(44)45/h8-11,23-32H,12-13H2,1-7H3,(H,34,43)/t23-,24+,25+,26+,27-,28-,29-,30-,31-,32+/m0/s1. The Morgan fingerprint density at radius 3 is 1.41 bits per heavy atom. The van der Waals surface area contributed by atoms with Gasteiger partial charge in [-0.05, 0) is 12.1 Å². The fourth-order valence-electron chi connectivity index (χ4n) is 5.47. The van der Waals surface area contributed by atoms with Crippen molar-refractivity contribution in [2.24, 2.45) is 0 Å². The molecule has 2 fully saturated rings. The van der Waals surface area contributed by atoms with E-state index in [0.717, 1.165) is 60.6 Å². The monoisotopic (exact) mass is 800 g/mol. The zero-order valence-electron chi connectivity index (χ0n) is 31.0. The van der Waals surface area contributed by atoms with E-state index in [0.29, 0.717) is 0 Å². The van der Waals surface area contributed by atoms with Gasteiger partial charge in [-0.1, -0.05) is 0 Å². The number of rotatable bonds is 14. The van der Waals surface area contributed by atoms with Crippen LogP contribution in [0.25, 0.3) is 0 Å². The maximum absolute atomic E-state index is 13.2. The summed E-state index contributed by atoms with van der Waals surface area (Å²) in [7, 11) is 0.